The highest BCUT2D eigenvalue weighted by Crippen LogP contribution is 2.53. The fourth-order valence-electron chi connectivity index (χ4n) is 15.3. The molecule has 0 aromatic heterocycles. The molecule has 5 aliphatic rings. The van der Waals surface area contributed by atoms with Gasteiger partial charge in [-0.25, -0.2) is 0 Å². The van der Waals surface area contributed by atoms with Crippen LogP contribution in [0.2, 0.25) is 0 Å². The number of anilines is 18. The first-order chi connectivity index (χ1) is 46.7. The predicted molar refractivity (Wildman–Crippen MR) is 390 cm³/mol. The van der Waals surface area contributed by atoms with Gasteiger partial charge in [-0.15, -0.1) is 0 Å². The summed E-state index contributed by atoms with van der Waals surface area (Å²) in [5.74, 6) is 3.07. The fraction of sp³-hybridized carbons (Fsp3) is 0. The highest BCUT2D eigenvalue weighted by atomic mass is 16.5. The van der Waals surface area contributed by atoms with Crippen LogP contribution in [-0.4, -0.2) is 13.4 Å². The Bertz CT molecular complexity index is 5120. The molecule has 5 heterocycles. The summed E-state index contributed by atoms with van der Waals surface area (Å²) in [5, 5.41) is 0. The van der Waals surface area contributed by atoms with Gasteiger partial charge in [0.05, 0.1) is 17.1 Å². The number of nitrogens with zero attached hydrogens (tertiary/aromatic N) is 6. The zero-order valence-electron chi connectivity index (χ0n) is 51.0. The SMILES string of the molecule is c1ccc(N(c2ccccc2)c2cc3c4c(c2)N(c2ccccc2)c2cc(N(c5ccccc5)c5ccccc5)cc5c2B4c2cc4c(cc2O3)N(c2ccccc2)c2cc(N(c3ccccc3)c3ccccc3)cc3c2B4c2c(cccc2N3c2ccccc2)O5)cc1. The van der Waals surface area contributed by atoms with Crippen molar-refractivity contribution in [1.82, 2.24) is 0 Å². The van der Waals surface area contributed by atoms with Gasteiger partial charge in [-0.1, -0.05) is 176 Å². The van der Waals surface area contributed by atoms with E-state index >= 15 is 0 Å². The van der Waals surface area contributed by atoms with Crippen molar-refractivity contribution in [2.24, 2.45) is 0 Å². The Morgan fingerprint density at radius 3 is 0.883 bits per heavy atom. The van der Waals surface area contributed by atoms with Gasteiger partial charge in [0.25, 0.3) is 13.4 Å². The zero-order chi connectivity index (χ0) is 61.8. The van der Waals surface area contributed by atoms with E-state index in [-0.39, 0.29) is 13.4 Å². The molecule has 440 valence electrons. The minimum atomic E-state index is -0.372. The number of hydrogen-bond donors (Lipinski definition) is 0. The molecule has 0 N–H and O–H groups in total. The molecule has 2 bridgehead atoms. The van der Waals surface area contributed by atoms with Crippen molar-refractivity contribution in [1.29, 1.82) is 0 Å². The van der Waals surface area contributed by atoms with Gasteiger partial charge < -0.3 is 38.9 Å². The van der Waals surface area contributed by atoms with Crippen molar-refractivity contribution in [2.75, 3.05) is 29.4 Å². The minimum Gasteiger partial charge on any atom is -0.458 e. The molecule has 10 heteroatoms. The average molecular weight is 1200 g/mol. The van der Waals surface area contributed by atoms with E-state index in [2.05, 4.69) is 369 Å². The molecular weight excluding hydrogens is 1150 g/mol. The van der Waals surface area contributed by atoms with E-state index in [1.807, 2.05) is 0 Å². The molecule has 0 radical (unpaired) electrons. The Hall–Kier alpha value is -12.4. The fourth-order valence-corrected chi connectivity index (χ4v) is 15.3. The quantitative estimate of drug-likeness (QED) is 0.112. The Morgan fingerprint density at radius 2 is 0.500 bits per heavy atom. The van der Waals surface area contributed by atoms with Gasteiger partial charge in [0.1, 0.15) is 23.0 Å². The normalized spacial score (nSPS) is 13.0. The number of hydrogen-bond acceptors (Lipinski definition) is 8. The Kier molecular flexibility index (Phi) is 12.3. The van der Waals surface area contributed by atoms with Gasteiger partial charge in [-0.2, -0.15) is 0 Å². The summed E-state index contributed by atoms with van der Waals surface area (Å²) in [6, 6.07) is 122. The molecule has 19 rings (SSSR count). The first kappa shape index (κ1) is 53.4. The van der Waals surface area contributed by atoms with E-state index in [4.69, 9.17) is 9.47 Å². The lowest BCUT2D eigenvalue weighted by Gasteiger charge is -2.47. The second-order valence-electron chi connectivity index (χ2n) is 24.4. The lowest BCUT2D eigenvalue weighted by Crippen LogP contribution is -2.65. The van der Waals surface area contributed by atoms with Crippen LogP contribution in [0, 0.1) is 0 Å². The van der Waals surface area contributed by atoms with Crippen LogP contribution in [0.3, 0.4) is 0 Å². The van der Waals surface area contributed by atoms with Crippen molar-refractivity contribution in [3.63, 3.8) is 0 Å². The molecule has 14 aromatic carbocycles. The van der Waals surface area contributed by atoms with Crippen LogP contribution in [0.1, 0.15) is 0 Å². The van der Waals surface area contributed by atoms with Gasteiger partial charge in [0, 0.05) is 104 Å². The molecule has 0 aliphatic carbocycles. The van der Waals surface area contributed by atoms with Crippen LogP contribution in [-0.2, 0) is 0 Å². The van der Waals surface area contributed by atoms with E-state index in [1.54, 1.807) is 0 Å². The summed E-state index contributed by atoms with van der Waals surface area (Å²) in [6.45, 7) is -0.691. The molecule has 0 saturated carbocycles. The number of ether oxygens (including phenoxy) is 2. The summed E-state index contributed by atoms with van der Waals surface area (Å²) < 4.78 is 16.0. The second kappa shape index (κ2) is 21.7. The zero-order valence-corrected chi connectivity index (χ0v) is 51.0. The van der Waals surface area contributed by atoms with E-state index < -0.39 is 0 Å². The molecule has 14 aromatic rings. The third-order valence-electron chi connectivity index (χ3n) is 19.1. The molecule has 0 amide bonds. The van der Waals surface area contributed by atoms with Crippen LogP contribution < -0.4 is 71.7 Å². The van der Waals surface area contributed by atoms with Crippen LogP contribution in [0.25, 0.3) is 0 Å². The van der Waals surface area contributed by atoms with Crippen LogP contribution >= 0.6 is 0 Å². The van der Waals surface area contributed by atoms with Gasteiger partial charge in [-0.3, -0.25) is 0 Å². The first-order valence-electron chi connectivity index (χ1n) is 32.1. The Morgan fingerprint density at radius 1 is 0.202 bits per heavy atom. The predicted octanol–water partition coefficient (Wildman–Crippen LogP) is 18.7. The summed E-state index contributed by atoms with van der Waals surface area (Å²) in [6.07, 6.45) is 0. The van der Waals surface area contributed by atoms with Gasteiger partial charge in [0.15, 0.2) is 0 Å². The highest BCUT2D eigenvalue weighted by molar-refractivity contribution is 7.03. The van der Waals surface area contributed by atoms with E-state index in [1.165, 1.54) is 5.46 Å². The van der Waals surface area contributed by atoms with E-state index in [9.17, 15) is 0 Å². The molecular formula is C84H56B2N6O2. The average Bonchev–Trinajstić information content (AvgIpc) is 0.683. The van der Waals surface area contributed by atoms with E-state index in [0.29, 0.717) is 0 Å². The summed E-state index contributed by atoms with van der Waals surface area (Å²) in [7, 11) is 0. The molecule has 0 atom stereocenters. The molecule has 0 fully saturated rings. The number of benzene rings is 14. The van der Waals surface area contributed by atoms with Crippen LogP contribution in [0.15, 0.2) is 340 Å². The molecule has 0 saturated heterocycles. The third kappa shape index (κ3) is 8.43. The topological polar surface area (TPSA) is 37.9 Å². The van der Waals surface area contributed by atoms with Crippen molar-refractivity contribution >= 4 is 149 Å². The van der Waals surface area contributed by atoms with Gasteiger partial charge in [0.2, 0.25) is 0 Å². The lowest BCUT2D eigenvalue weighted by atomic mass is 9.30. The molecule has 0 spiro atoms. The Labute approximate surface area is 547 Å². The summed E-state index contributed by atoms with van der Waals surface area (Å²) >= 11 is 0. The maximum atomic E-state index is 8.19. The van der Waals surface area contributed by atoms with Gasteiger partial charge >= 0.3 is 0 Å². The van der Waals surface area contributed by atoms with Crippen molar-refractivity contribution in [2.45, 2.75) is 0 Å². The lowest BCUT2D eigenvalue weighted by molar-refractivity contribution is 0.486. The third-order valence-corrected chi connectivity index (χ3v) is 19.1. The summed E-state index contributed by atoms with van der Waals surface area (Å²) in [4.78, 5) is 14.5. The molecule has 0 unspecified atom stereocenters. The van der Waals surface area contributed by atoms with E-state index in [0.717, 1.165) is 153 Å². The smallest absolute Gasteiger partial charge is 0.261 e. The molecule has 5 aliphatic heterocycles. The van der Waals surface area contributed by atoms with Gasteiger partial charge in [-0.05, 0) is 178 Å². The number of para-hydroxylation sites is 9. The second-order valence-corrected chi connectivity index (χ2v) is 24.4. The monoisotopic (exact) mass is 1200 g/mol. The highest BCUT2D eigenvalue weighted by Gasteiger charge is 2.51. The van der Waals surface area contributed by atoms with Crippen LogP contribution in [0.5, 0.6) is 23.0 Å². The minimum absolute atomic E-state index is 0.320. The summed E-state index contributed by atoms with van der Waals surface area (Å²) in [5.41, 5.74) is 24.9. The van der Waals surface area contributed by atoms with Crippen molar-refractivity contribution in [3.05, 3.63) is 340 Å². The largest absolute Gasteiger partial charge is 0.458 e. The number of rotatable bonds is 12. The molecule has 94 heavy (non-hydrogen) atoms. The maximum Gasteiger partial charge on any atom is 0.261 e. The van der Waals surface area contributed by atoms with Crippen LogP contribution in [0.4, 0.5) is 102 Å². The Balaban J connectivity index is 0.955. The maximum absolute atomic E-state index is 8.19. The molecule has 8 nitrogen and oxygen atoms in total. The van der Waals surface area contributed by atoms with Crippen molar-refractivity contribution < 1.29 is 9.47 Å². The standard InChI is InChI=1S/C84H56B2N6O2/c1-10-29-57(30-11-1)87(58-31-12-2-13-32-58)66-49-73-81-74(50-66)91(64-43-24-8-25-44-64)72-56-78-70-55-69(72)85(81)82-71(90(73)63-41-22-7-23-42-63)47-28-48-77(82)93-79-53-67(88(59-33-14-3-15-34-59)60-35-16-4-17-36-60)51-75-83(79)86(70)84-76(92(75)65-45-26-9-27-46-65)52-68(54-80(84)94-78)89(61-37-18-5-19-38-61)62-39-20-6-21-40-62/h1-56H. The van der Waals surface area contributed by atoms with Crippen molar-refractivity contribution in [3.8, 4) is 23.0 Å². The first-order valence-corrected chi connectivity index (χ1v) is 32.1.